The molecule has 0 bridgehead atoms. The molecule has 0 atom stereocenters. The fraction of sp³-hybridized carbons (Fsp3) is 0.786. The van der Waals surface area contributed by atoms with Crippen molar-refractivity contribution in [2.45, 2.75) is 52.4 Å². The van der Waals surface area contributed by atoms with E-state index in [4.69, 9.17) is 9.84 Å². The Morgan fingerprint density at radius 3 is 2.30 bits per heavy atom. The predicted molar refractivity (Wildman–Crippen MR) is 74.1 cm³/mol. The number of carbonyl (C=O) groups excluding carboxylic acids is 2. The van der Waals surface area contributed by atoms with Crippen LogP contribution in [0.4, 0.5) is 0 Å². The third-order valence-corrected chi connectivity index (χ3v) is 3.00. The molecular formula is C14H25NO5. The normalized spacial score (nSPS) is 10.3. The van der Waals surface area contributed by atoms with Crippen LogP contribution >= 0.6 is 0 Å². The molecule has 6 heteroatoms. The van der Waals surface area contributed by atoms with Gasteiger partial charge in [0.1, 0.15) is 0 Å². The lowest BCUT2D eigenvalue weighted by Gasteiger charge is -2.11. The third kappa shape index (κ3) is 9.35. The van der Waals surface area contributed by atoms with E-state index < -0.39 is 5.97 Å². The molecule has 6 nitrogen and oxygen atoms in total. The van der Waals surface area contributed by atoms with Gasteiger partial charge in [-0.3, -0.25) is 14.4 Å². The van der Waals surface area contributed by atoms with Crippen molar-refractivity contribution in [3.8, 4) is 0 Å². The molecule has 0 saturated heterocycles. The number of esters is 1. The summed E-state index contributed by atoms with van der Waals surface area (Å²) in [6.45, 7) is 4.50. The van der Waals surface area contributed by atoms with Crippen molar-refractivity contribution >= 4 is 17.8 Å². The van der Waals surface area contributed by atoms with Gasteiger partial charge in [0.2, 0.25) is 5.91 Å². The number of hydrogen-bond donors (Lipinski definition) is 2. The second-order valence-corrected chi connectivity index (χ2v) is 4.63. The molecule has 0 aliphatic heterocycles. The summed E-state index contributed by atoms with van der Waals surface area (Å²) in [7, 11) is 0. The maximum absolute atomic E-state index is 11.5. The Labute approximate surface area is 119 Å². The van der Waals surface area contributed by atoms with Crippen LogP contribution in [0.15, 0.2) is 0 Å². The molecule has 0 aliphatic carbocycles. The van der Waals surface area contributed by atoms with Gasteiger partial charge in [-0.25, -0.2) is 0 Å². The first kappa shape index (κ1) is 18.4. The van der Waals surface area contributed by atoms with Crippen LogP contribution in [0.1, 0.15) is 52.4 Å². The van der Waals surface area contributed by atoms with Crippen molar-refractivity contribution in [3.05, 3.63) is 0 Å². The van der Waals surface area contributed by atoms with Crippen LogP contribution < -0.4 is 5.32 Å². The number of rotatable bonds is 11. The van der Waals surface area contributed by atoms with E-state index in [1.54, 1.807) is 0 Å². The minimum Gasteiger partial charge on any atom is -0.481 e. The molecule has 0 heterocycles. The summed E-state index contributed by atoms with van der Waals surface area (Å²) in [4.78, 5) is 33.2. The minimum absolute atomic E-state index is 0.0489. The molecule has 0 aromatic carbocycles. The molecule has 0 saturated carbocycles. The Morgan fingerprint density at radius 1 is 1.10 bits per heavy atom. The molecule has 116 valence electrons. The number of carbonyl (C=O) groups is 3. The van der Waals surface area contributed by atoms with E-state index in [2.05, 4.69) is 5.32 Å². The van der Waals surface area contributed by atoms with Gasteiger partial charge >= 0.3 is 11.9 Å². The molecule has 0 aromatic heterocycles. The van der Waals surface area contributed by atoms with E-state index in [1.165, 1.54) is 0 Å². The molecular weight excluding hydrogens is 262 g/mol. The van der Waals surface area contributed by atoms with Gasteiger partial charge in [0.15, 0.2) is 0 Å². The minimum atomic E-state index is -0.868. The van der Waals surface area contributed by atoms with E-state index >= 15 is 0 Å². The van der Waals surface area contributed by atoms with Crippen molar-refractivity contribution in [1.82, 2.24) is 5.32 Å². The average molecular weight is 287 g/mol. The zero-order valence-corrected chi connectivity index (χ0v) is 12.3. The Morgan fingerprint density at radius 2 is 1.75 bits per heavy atom. The van der Waals surface area contributed by atoms with E-state index in [-0.39, 0.29) is 37.2 Å². The molecule has 0 fully saturated rings. The first-order chi connectivity index (χ1) is 9.51. The quantitative estimate of drug-likeness (QED) is 0.446. The third-order valence-electron chi connectivity index (χ3n) is 3.00. The number of ether oxygens (including phenoxy) is 1. The Bertz CT molecular complexity index is 313. The SMILES string of the molecule is CCC(CC)C(=O)OCCCC(=O)NCCCC(=O)O. The van der Waals surface area contributed by atoms with Crippen LogP contribution in [-0.4, -0.2) is 36.1 Å². The summed E-state index contributed by atoms with van der Waals surface area (Å²) in [5, 5.41) is 11.1. The highest BCUT2D eigenvalue weighted by molar-refractivity contribution is 5.76. The van der Waals surface area contributed by atoms with Crippen molar-refractivity contribution in [2.24, 2.45) is 5.92 Å². The van der Waals surface area contributed by atoms with Gasteiger partial charge in [-0.15, -0.1) is 0 Å². The highest BCUT2D eigenvalue weighted by Gasteiger charge is 2.15. The summed E-state index contributed by atoms with van der Waals surface area (Å²) in [5.74, 6) is -1.27. The van der Waals surface area contributed by atoms with Crippen LogP contribution in [0.3, 0.4) is 0 Å². The standard InChI is InChI=1S/C14H25NO5/c1-3-11(4-2)14(19)20-10-6-7-12(16)15-9-5-8-13(17)18/h11H,3-10H2,1-2H3,(H,15,16)(H,17,18). The van der Waals surface area contributed by atoms with Crippen molar-refractivity contribution in [3.63, 3.8) is 0 Å². The molecule has 0 aliphatic rings. The summed E-state index contributed by atoms with van der Waals surface area (Å²) >= 11 is 0. The average Bonchev–Trinajstić information content (AvgIpc) is 2.41. The molecule has 0 spiro atoms. The lowest BCUT2D eigenvalue weighted by atomic mass is 10.0. The monoisotopic (exact) mass is 287 g/mol. The predicted octanol–water partition coefficient (Wildman–Crippen LogP) is 1.73. The molecule has 0 radical (unpaired) electrons. The smallest absolute Gasteiger partial charge is 0.308 e. The van der Waals surface area contributed by atoms with Gasteiger partial charge in [0.25, 0.3) is 0 Å². The van der Waals surface area contributed by atoms with Gasteiger partial charge in [-0.2, -0.15) is 0 Å². The topological polar surface area (TPSA) is 92.7 Å². The van der Waals surface area contributed by atoms with Crippen LogP contribution in [0, 0.1) is 5.92 Å². The van der Waals surface area contributed by atoms with Gasteiger partial charge in [-0.05, 0) is 25.7 Å². The number of carboxylic acids is 1. The maximum Gasteiger partial charge on any atom is 0.308 e. The van der Waals surface area contributed by atoms with Gasteiger partial charge in [0.05, 0.1) is 12.5 Å². The maximum atomic E-state index is 11.5. The Kier molecular flexibility index (Phi) is 10.4. The van der Waals surface area contributed by atoms with Crippen LogP contribution in [-0.2, 0) is 19.1 Å². The lowest BCUT2D eigenvalue weighted by molar-refractivity contribution is -0.149. The summed E-state index contributed by atoms with van der Waals surface area (Å²) < 4.78 is 5.10. The van der Waals surface area contributed by atoms with Gasteiger partial charge in [-0.1, -0.05) is 13.8 Å². The van der Waals surface area contributed by atoms with E-state index in [1.807, 2.05) is 13.8 Å². The van der Waals surface area contributed by atoms with Crippen molar-refractivity contribution < 1.29 is 24.2 Å². The zero-order chi connectivity index (χ0) is 15.4. The highest BCUT2D eigenvalue weighted by atomic mass is 16.5. The van der Waals surface area contributed by atoms with Crippen LogP contribution in [0.25, 0.3) is 0 Å². The fourth-order valence-corrected chi connectivity index (χ4v) is 1.70. The number of hydrogen-bond acceptors (Lipinski definition) is 4. The van der Waals surface area contributed by atoms with Crippen molar-refractivity contribution in [1.29, 1.82) is 0 Å². The Balaban J connectivity index is 3.57. The first-order valence-electron chi connectivity index (χ1n) is 7.16. The highest BCUT2D eigenvalue weighted by Crippen LogP contribution is 2.09. The van der Waals surface area contributed by atoms with E-state index in [0.717, 1.165) is 12.8 Å². The first-order valence-corrected chi connectivity index (χ1v) is 7.16. The lowest BCUT2D eigenvalue weighted by Crippen LogP contribution is -2.25. The Hall–Kier alpha value is -1.59. The zero-order valence-electron chi connectivity index (χ0n) is 12.3. The number of nitrogens with one attached hydrogen (secondary N) is 1. The summed E-state index contributed by atoms with van der Waals surface area (Å²) in [6, 6.07) is 0. The molecule has 1 amide bonds. The van der Waals surface area contributed by atoms with Crippen LogP contribution in [0.2, 0.25) is 0 Å². The summed E-state index contributed by atoms with van der Waals surface area (Å²) in [5.41, 5.74) is 0. The van der Waals surface area contributed by atoms with Gasteiger partial charge < -0.3 is 15.2 Å². The van der Waals surface area contributed by atoms with Crippen LogP contribution in [0.5, 0.6) is 0 Å². The summed E-state index contributed by atoms with van der Waals surface area (Å²) in [6.07, 6.45) is 2.76. The molecule has 0 aromatic rings. The number of carboxylic acid groups (broad SMARTS) is 1. The number of aliphatic carboxylic acids is 1. The van der Waals surface area contributed by atoms with Gasteiger partial charge in [0, 0.05) is 19.4 Å². The van der Waals surface area contributed by atoms with E-state index in [0.29, 0.717) is 19.4 Å². The fourth-order valence-electron chi connectivity index (χ4n) is 1.70. The second kappa shape index (κ2) is 11.3. The molecule has 0 rings (SSSR count). The molecule has 0 unspecified atom stereocenters. The van der Waals surface area contributed by atoms with Crippen molar-refractivity contribution in [2.75, 3.05) is 13.2 Å². The molecule has 2 N–H and O–H groups in total. The molecule has 20 heavy (non-hydrogen) atoms. The second-order valence-electron chi connectivity index (χ2n) is 4.63. The van der Waals surface area contributed by atoms with E-state index in [9.17, 15) is 14.4 Å². The largest absolute Gasteiger partial charge is 0.481 e. The number of amides is 1.